The molecule has 2 rings (SSSR count). The van der Waals surface area contributed by atoms with Gasteiger partial charge in [0.1, 0.15) is 5.82 Å². The lowest BCUT2D eigenvalue weighted by atomic mass is 10.1. The highest BCUT2D eigenvalue weighted by Crippen LogP contribution is 2.17. The number of imidazole rings is 1. The van der Waals surface area contributed by atoms with E-state index in [-0.39, 0.29) is 11.5 Å². The zero-order valence-corrected chi connectivity index (χ0v) is 6.67. The average Bonchev–Trinajstić information content (AvgIpc) is 2.53. The maximum absolute atomic E-state index is 13.1. The van der Waals surface area contributed by atoms with E-state index in [1.54, 1.807) is 18.2 Å². The molecular weight excluding hydrogens is 171 g/mol. The van der Waals surface area contributed by atoms with Crippen LogP contribution in [0.15, 0.2) is 35.3 Å². The molecule has 0 bridgehead atoms. The lowest BCUT2D eigenvalue weighted by Crippen LogP contribution is -2.00. The van der Waals surface area contributed by atoms with E-state index < -0.39 is 0 Å². The Morgan fingerprint density at radius 3 is 2.62 bits per heavy atom. The van der Waals surface area contributed by atoms with Gasteiger partial charge in [-0.05, 0) is 12.1 Å². The molecule has 1 heterocycles. The molecule has 0 saturated carbocycles. The lowest BCUT2D eigenvalue weighted by Gasteiger charge is -1.97. The highest BCUT2D eigenvalue weighted by atomic mass is 19.1. The van der Waals surface area contributed by atoms with E-state index in [4.69, 9.17) is 0 Å². The highest BCUT2D eigenvalue weighted by molar-refractivity contribution is 5.58. The molecule has 0 aliphatic carbocycles. The van der Waals surface area contributed by atoms with Crippen LogP contribution >= 0.6 is 0 Å². The second kappa shape index (κ2) is 2.90. The van der Waals surface area contributed by atoms with Crippen LogP contribution in [0.1, 0.15) is 0 Å². The van der Waals surface area contributed by atoms with Gasteiger partial charge in [0.15, 0.2) is 0 Å². The van der Waals surface area contributed by atoms with Crippen molar-refractivity contribution < 1.29 is 4.39 Å². The van der Waals surface area contributed by atoms with Crippen LogP contribution in [-0.2, 0) is 0 Å². The van der Waals surface area contributed by atoms with Gasteiger partial charge in [0.25, 0.3) is 0 Å². The second-order valence-electron chi connectivity index (χ2n) is 2.64. The molecule has 0 saturated heterocycles. The summed E-state index contributed by atoms with van der Waals surface area (Å²) in [7, 11) is 0. The summed E-state index contributed by atoms with van der Waals surface area (Å²) in [6, 6.07) is 6.27. The maximum Gasteiger partial charge on any atom is 0.323 e. The fourth-order valence-corrected chi connectivity index (χ4v) is 1.16. The molecule has 66 valence electrons. The zero-order valence-electron chi connectivity index (χ0n) is 6.67. The molecule has 0 aliphatic heterocycles. The fourth-order valence-electron chi connectivity index (χ4n) is 1.16. The van der Waals surface area contributed by atoms with E-state index in [2.05, 4.69) is 9.97 Å². The van der Waals surface area contributed by atoms with Crippen molar-refractivity contribution in [3.63, 3.8) is 0 Å². The Balaban J connectivity index is 2.58. The van der Waals surface area contributed by atoms with Gasteiger partial charge < -0.3 is 9.97 Å². The Hall–Kier alpha value is -1.84. The third kappa shape index (κ3) is 1.38. The first kappa shape index (κ1) is 7.79. The number of aromatic amines is 2. The summed E-state index contributed by atoms with van der Waals surface area (Å²) in [5.41, 5.74) is 0.516. The van der Waals surface area contributed by atoms with Gasteiger partial charge in [-0.2, -0.15) is 0 Å². The molecule has 2 aromatic rings. The molecule has 0 aliphatic rings. The molecule has 0 fully saturated rings. The number of H-pyrrole nitrogens is 2. The third-order valence-electron chi connectivity index (χ3n) is 1.76. The minimum Gasteiger partial charge on any atom is -0.312 e. The topological polar surface area (TPSA) is 48.6 Å². The summed E-state index contributed by atoms with van der Waals surface area (Å²) in [4.78, 5) is 15.6. The summed E-state index contributed by atoms with van der Waals surface area (Å²) in [5.74, 6) is -0.349. The molecule has 1 aromatic carbocycles. The Labute approximate surface area is 73.2 Å². The quantitative estimate of drug-likeness (QED) is 0.683. The van der Waals surface area contributed by atoms with Gasteiger partial charge in [-0.15, -0.1) is 0 Å². The lowest BCUT2D eigenvalue weighted by molar-refractivity contribution is 0.631. The number of rotatable bonds is 1. The number of aromatic nitrogens is 2. The van der Waals surface area contributed by atoms with Gasteiger partial charge in [-0.1, -0.05) is 12.1 Å². The monoisotopic (exact) mass is 178 g/mol. The van der Waals surface area contributed by atoms with Crippen molar-refractivity contribution in [2.24, 2.45) is 0 Å². The Kier molecular flexibility index (Phi) is 1.73. The van der Waals surface area contributed by atoms with Crippen molar-refractivity contribution in [2.75, 3.05) is 0 Å². The van der Waals surface area contributed by atoms with E-state index in [9.17, 15) is 9.18 Å². The SMILES string of the molecule is O=c1[nH]cc(-c2ccccc2F)[nH]1. The fraction of sp³-hybridized carbons (Fsp3) is 0. The van der Waals surface area contributed by atoms with Crippen LogP contribution in [-0.4, -0.2) is 9.97 Å². The molecule has 0 radical (unpaired) electrons. The van der Waals surface area contributed by atoms with Crippen molar-refractivity contribution >= 4 is 0 Å². The smallest absolute Gasteiger partial charge is 0.312 e. The predicted molar refractivity (Wildman–Crippen MR) is 46.8 cm³/mol. The maximum atomic E-state index is 13.1. The number of nitrogens with one attached hydrogen (secondary N) is 2. The van der Waals surface area contributed by atoms with Crippen LogP contribution in [0.4, 0.5) is 4.39 Å². The van der Waals surface area contributed by atoms with Crippen LogP contribution in [0.3, 0.4) is 0 Å². The number of hydrogen-bond donors (Lipinski definition) is 2. The molecule has 1 aromatic heterocycles. The van der Waals surface area contributed by atoms with Crippen molar-refractivity contribution in [2.45, 2.75) is 0 Å². The van der Waals surface area contributed by atoms with Crippen LogP contribution < -0.4 is 5.69 Å². The minimum atomic E-state index is -0.349. The van der Waals surface area contributed by atoms with Crippen molar-refractivity contribution in [1.82, 2.24) is 9.97 Å². The second-order valence-corrected chi connectivity index (χ2v) is 2.64. The van der Waals surface area contributed by atoms with Gasteiger partial charge in [0.05, 0.1) is 5.69 Å². The third-order valence-corrected chi connectivity index (χ3v) is 1.76. The molecule has 2 N–H and O–H groups in total. The summed E-state index contributed by atoms with van der Waals surface area (Å²) < 4.78 is 13.1. The van der Waals surface area contributed by atoms with Gasteiger partial charge in [0, 0.05) is 11.8 Å². The van der Waals surface area contributed by atoms with Gasteiger partial charge in [-0.25, -0.2) is 9.18 Å². The van der Waals surface area contributed by atoms with E-state index >= 15 is 0 Å². The molecule has 0 spiro atoms. The molecule has 0 amide bonds. The average molecular weight is 178 g/mol. The Morgan fingerprint density at radius 1 is 1.23 bits per heavy atom. The molecule has 0 atom stereocenters. The largest absolute Gasteiger partial charge is 0.323 e. The van der Waals surface area contributed by atoms with Crippen LogP contribution in [0.2, 0.25) is 0 Å². The molecule has 4 heteroatoms. The standard InChI is InChI=1S/C9H7FN2O/c10-7-4-2-1-3-6(7)8-5-11-9(13)12-8/h1-5H,(H2,11,12,13). The first-order chi connectivity index (χ1) is 6.27. The minimum absolute atomic E-state index is 0.335. The van der Waals surface area contributed by atoms with Crippen LogP contribution in [0, 0.1) is 5.82 Å². The summed E-state index contributed by atoms with van der Waals surface area (Å²) in [5, 5.41) is 0. The van der Waals surface area contributed by atoms with E-state index in [0.29, 0.717) is 11.3 Å². The molecule has 3 nitrogen and oxygen atoms in total. The van der Waals surface area contributed by atoms with E-state index in [0.717, 1.165) is 0 Å². The first-order valence-electron chi connectivity index (χ1n) is 3.80. The summed E-state index contributed by atoms with van der Waals surface area (Å²) in [6.07, 6.45) is 1.45. The predicted octanol–water partition coefficient (Wildman–Crippen LogP) is 1.51. The van der Waals surface area contributed by atoms with Crippen LogP contribution in [0.5, 0.6) is 0 Å². The molecule has 13 heavy (non-hydrogen) atoms. The Morgan fingerprint density at radius 2 is 2.00 bits per heavy atom. The Bertz CT molecular complexity index is 472. The van der Waals surface area contributed by atoms with Crippen molar-refractivity contribution in [3.8, 4) is 11.3 Å². The van der Waals surface area contributed by atoms with Gasteiger partial charge >= 0.3 is 5.69 Å². The summed E-state index contributed by atoms with van der Waals surface area (Å²) >= 11 is 0. The molecular formula is C9H7FN2O. The van der Waals surface area contributed by atoms with E-state index in [1.165, 1.54) is 12.3 Å². The highest BCUT2D eigenvalue weighted by Gasteiger charge is 2.04. The molecule has 0 unspecified atom stereocenters. The van der Waals surface area contributed by atoms with Crippen molar-refractivity contribution in [1.29, 1.82) is 0 Å². The van der Waals surface area contributed by atoms with Crippen molar-refractivity contribution in [3.05, 3.63) is 46.8 Å². The number of hydrogen-bond acceptors (Lipinski definition) is 1. The van der Waals surface area contributed by atoms with Gasteiger partial charge in [0.2, 0.25) is 0 Å². The number of halogens is 1. The summed E-state index contributed by atoms with van der Waals surface area (Å²) in [6.45, 7) is 0. The zero-order chi connectivity index (χ0) is 9.26. The van der Waals surface area contributed by atoms with E-state index in [1.807, 2.05) is 0 Å². The normalized spacial score (nSPS) is 10.2. The number of benzene rings is 1. The van der Waals surface area contributed by atoms with Crippen LogP contribution in [0.25, 0.3) is 11.3 Å². The van der Waals surface area contributed by atoms with Gasteiger partial charge in [-0.3, -0.25) is 0 Å². The first-order valence-corrected chi connectivity index (χ1v) is 3.80.